The highest BCUT2D eigenvalue weighted by atomic mass is 32.2. The molecule has 0 fully saturated rings. The third kappa shape index (κ3) is 6.10. The van der Waals surface area contributed by atoms with E-state index >= 15 is 0 Å². The van der Waals surface area contributed by atoms with E-state index in [1.807, 2.05) is 0 Å². The molecule has 1 aromatic heterocycles. The van der Waals surface area contributed by atoms with Gasteiger partial charge in [-0.05, 0) is 48.9 Å². The number of ether oxygens (including phenoxy) is 1. The number of carbonyl (C=O) groups excluding carboxylic acids is 1. The molecule has 0 aliphatic rings. The summed E-state index contributed by atoms with van der Waals surface area (Å²) in [4.78, 5) is 12.5. The maximum absolute atomic E-state index is 12.5. The van der Waals surface area contributed by atoms with Crippen LogP contribution in [0.25, 0.3) is 0 Å². The molecular weight excluding hydrogens is 418 g/mol. The molecule has 31 heavy (non-hydrogen) atoms. The molecule has 0 saturated heterocycles. The van der Waals surface area contributed by atoms with Gasteiger partial charge in [-0.15, -0.1) is 0 Å². The second kappa shape index (κ2) is 9.36. The fraction of sp³-hybridized carbons (Fsp3) is 0.182. The van der Waals surface area contributed by atoms with Crippen LogP contribution >= 0.6 is 0 Å². The molecule has 8 nitrogen and oxygen atoms in total. The van der Waals surface area contributed by atoms with E-state index in [0.29, 0.717) is 22.8 Å². The Balaban J connectivity index is 1.62. The summed E-state index contributed by atoms with van der Waals surface area (Å²) in [6.07, 6.45) is 1.07. The van der Waals surface area contributed by atoms with Crippen LogP contribution in [-0.2, 0) is 16.6 Å². The molecule has 0 aliphatic heterocycles. The number of hydrogen-bond acceptors (Lipinski definition) is 6. The average Bonchev–Trinajstić information content (AvgIpc) is 3.20. The van der Waals surface area contributed by atoms with Crippen molar-refractivity contribution in [1.82, 2.24) is 5.32 Å². The fourth-order valence-corrected chi connectivity index (χ4v) is 3.40. The Kier molecular flexibility index (Phi) is 6.62. The van der Waals surface area contributed by atoms with E-state index in [9.17, 15) is 13.2 Å². The van der Waals surface area contributed by atoms with Gasteiger partial charge in [0.2, 0.25) is 10.0 Å². The van der Waals surface area contributed by atoms with Crippen LogP contribution in [0, 0.1) is 11.3 Å². The predicted molar refractivity (Wildman–Crippen MR) is 115 cm³/mol. The van der Waals surface area contributed by atoms with Crippen molar-refractivity contribution in [3.8, 4) is 11.8 Å². The van der Waals surface area contributed by atoms with E-state index in [0.717, 1.165) is 11.8 Å². The third-order valence-electron chi connectivity index (χ3n) is 4.30. The smallest absolute Gasteiger partial charge is 0.287 e. The summed E-state index contributed by atoms with van der Waals surface area (Å²) in [5.41, 5.74) is 1.55. The summed E-state index contributed by atoms with van der Waals surface area (Å²) < 4.78 is 36.4. The minimum absolute atomic E-state index is 0.0702. The molecule has 3 aromatic rings. The van der Waals surface area contributed by atoms with Crippen molar-refractivity contribution in [2.75, 3.05) is 11.0 Å². The van der Waals surface area contributed by atoms with Crippen LogP contribution < -0.4 is 14.8 Å². The topological polar surface area (TPSA) is 121 Å². The zero-order valence-corrected chi connectivity index (χ0v) is 17.8. The van der Waals surface area contributed by atoms with Crippen molar-refractivity contribution in [1.29, 1.82) is 5.26 Å². The number of nitrogens with one attached hydrogen (secondary N) is 2. The van der Waals surface area contributed by atoms with E-state index in [2.05, 4.69) is 16.1 Å². The standard InChI is InChI=1S/C22H21N3O5S/c1-15(16-7-5-8-18(12-16)25-31(2,27)28)24-22(26)21-11-10-19(30-21)14-29-20-9-4-3-6-17(20)13-23/h3-12,15,25H,14H2,1-2H3,(H,24,26). The average molecular weight is 439 g/mol. The first kappa shape index (κ1) is 21.9. The first-order valence-electron chi connectivity index (χ1n) is 9.34. The van der Waals surface area contributed by atoms with Gasteiger partial charge < -0.3 is 14.5 Å². The minimum Gasteiger partial charge on any atom is -0.484 e. The summed E-state index contributed by atoms with van der Waals surface area (Å²) in [5, 5.41) is 11.9. The van der Waals surface area contributed by atoms with Crippen LogP contribution in [0.1, 0.15) is 40.4 Å². The molecule has 2 N–H and O–H groups in total. The number of nitriles is 1. The molecule has 1 unspecified atom stereocenters. The summed E-state index contributed by atoms with van der Waals surface area (Å²) >= 11 is 0. The maximum Gasteiger partial charge on any atom is 0.287 e. The van der Waals surface area contributed by atoms with E-state index in [1.165, 1.54) is 0 Å². The fourth-order valence-electron chi connectivity index (χ4n) is 2.85. The van der Waals surface area contributed by atoms with Crippen molar-refractivity contribution >= 4 is 21.6 Å². The van der Waals surface area contributed by atoms with Crippen LogP contribution in [0.15, 0.2) is 65.1 Å². The van der Waals surface area contributed by atoms with Gasteiger partial charge in [-0.2, -0.15) is 5.26 Å². The van der Waals surface area contributed by atoms with Crippen LogP contribution in [-0.4, -0.2) is 20.6 Å². The van der Waals surface area contributed by atoms with Gasteiger partial charge in [0.1, 0.15) is 24.2 Å². The SMILES string of the molecule is CC(NC(=O)c1ccc(COc2ccccc2C#N)o1)c1cccc(NS(C)(=O)=O)c1. The zero-order valence-electron chi connectivity index (χ0n) is 17.0. The first-order chi connectivity index (χ1) is 14.7. The van der Waals surface area contributed by atoms with Gasteiger partial charge in [0.05, 0.1) is 17.9 Å². The second-order valence-corrected chi connectivity index (χ2v) is 8.61. The molecule has 0 bridgehead atoms. The maximum atomic E-state index is 12.5. The Bertz CT molecular complexity index is 1230. The number of amides is 1. The molecule has 1 heterocycles. The van der Waals surface area contributed by atoms with Gasteiger partial charge in [0, 0.05) is 5.69 Å². The molecule has 0 spiro atoms. The summed E-state index contributed by atoms with van der Waals surface area (Å²) in [6.45, 7) is 1.85. The van der Waals surface area contributed by atoms with E-state index in [-0.39, 0.29) is 18.4 Å². The minimum atomic E-state index is -3.40. The van der Waals surface area contributed by atoms with Gasteiger partial charge in [-0.1, -0.05) is 24.3 Å². The number of nitrogens with zero attached hydrogens (tertiary/aromatic N) is 1. The summed E-state index contributed by atoms with van der Waals surface area (Å²) in [7, 11) is -3.40. The molecule has 3 rings (SSSR count). The number of furan rings is 1. The quantitative estimate of drug-likeness (QED) is 0.553. The molecule has 2 aromatic carbocycles. The Labute approximate surface area is 180 Å². The van der Waals surface area contributed by atoms with Gasteiger partial charge in [0.25, 0.3) is 5.91 Å². The molecule has 0 saturated carbocycles. The lowest BCUT2D eigenvalue weighted by atomic mass is 10.1. The van der Waals surface area contributed by atoms with E-state index in [4.69, 9.17) is 14.4 Å². The van der Waals surface area contributed by atoms with Crippen molar-refractivity contribution in [3.05, 3.63) is 83.3 Å². The Morgan fingerprint density at radius 2 is 1.94 bits per heavy atom. The lowest BCUT2D eigenvalue weighted by Gasteiger charge is -2.15. The van der Waals surface area contributed by atoms with Crippen molar-refractivity contribution in [2.24, 2.45) is 0 Å². The van der Waals surface area contributed by atoms with Gasteiger partial charge in [-0.3, -0.25) is 9.52 Å². The lowest BCUT2D eigenvalue weighted by molar-refractivity contribution is 0.0907. The normalized spacial score (nSPS) is 11.9. The highest BCUT2D eigenvalue weighted by molar-refractivity contribution is 7.92. The third-order valence-corrected chi connectivity index (χ3v) is 4.91. The van der Waals surface area contributed by atoms with Crippen molar-refractivity contribution < 1.29 is 22.4 Å². The van der Waals surface area contributed by atoms with E-state index < -0.39 is 15.9 Å². The molecule has 9 heteroatoms. The zero-order chi connectivity index (χ0) is 22.4. The largest absolute Gasteiger partial charge is 0.484 e. The van der Waals surface area contributed by atoms with Gasteiger partial charge in [0.15, 0.2) is 5.76 Å². The Hall–Kier alpha value is -3.77. The number of carbonyl (C=O) groups is 1. The van der Waals surface area contributed by atoms with Crippen LogP contribution in [0.3, 0.4) is 0 Å². The molecule has 0 radical (unpaired) electrons. The molecule has 160 valence electrons. The van der Waals surface area contributed by atoms with Crippen LogP contribution in [0.5, 0.6) is 5.75 Å². The number of sulfonamides is 1. The predicted octanol–water partition coefficient (Wildman–Crippen LogP) is 3.59. The highest BCUT2D eigenvalue weighted by Gasteiger charge is 2.16. The van der Waals surface area contributed by atoms with Crippen molar-refractivity contribution in [2.45, 2.75) is 19.6 Å². The Morgan fingerprint density at radius 1 is 1.16 bits per heavy atom. The number of benzene rings is 2. The number of rotatable bonds is 8. The molecule has 0 aliphatic carbocycles. The summed E-state index contributed by atoms with van der Waals surface area (Å²) in [5.74, 6) is 0.565. The Morgan fingerprint density at radius 3 is 2.68 bits per heavy atom. The number of hydrogen-bond donors (Lipinski definition) is 2. The highest BCUT2D eigenvalue weighted by Crippen LogP contribution is 2.21. The van der Waals surface area contributed by atoms with E-state index in [1.54, 1.807) is 67.6 Å². The monoisotopic (exact) mass is 439 g/mol. The second-order valence-electron chi connectivity index (χ2n) is 6.86. The van der Waals surface area contributed by atoms with Crippen LogP contribution in [0.2, 0.25) is 0 Å². The number of para-hydroxylation sites is 1. The molecular formula is C22H21N3O5S. The van der Waals surface area contributed by atoms with Crippen molar-refractivity contribution in [3.63, 3.8) is 0 Å². The first-order valence-corrected chi connectivity index (χ1v) is 11.2. The molecule has 1 amide bonds. The lowest BCUT2D eigenvalue weighted by Crippen LogP contribution is -2.26. The van der Waals surface area contributed by atoms with Gasteiger partial charge in [-0.25, -0.2) is 8.42 Å². The molecule has 1 atom stereocenters. The van der Waals surface area contributed by atoms with Gasteiger partial charge >= 0.3 is 0 Å². The summed E-state index contributed by atoms with van der Waals surface area (Å²) in [6, 6.07) is 18.4. The number of anilines is 1. The van der Waals surface area contributed by atoms with Crippen LogP contribution in [0.4, 0.5) is 5.69 Å².